The van der Waals surface area contributed by atoms with Crippen LogP contribution >= 0.6 is 0 Å². The third-order valence-corrected chi connectivity index (χ3v) is 4.63. The third-order valence-electron chi connectivity index (χ3n) is 2.79. The molecule has 2 rings (SSSR count). The molecule has 0 radical (unpaired) electrons. The maximum Gasteiger partial charge on any atom is 0.337 e. The number of imidazole rings is 1. The summed E-state index contributed by atoms with van der Waals surface area (Å²) in [5, 5.41) is 9.03. The number of benzene rings is 1. The molecule has 0 saturated carbocycles. The molecule has 2 aromatic rings. The van der Waals surface area contributed by atoms with Gasteiger partial charge in [-0.3, -0.25) is 0 Å². The number of hydrogen-bond donors (Lipinski definition) is 2. The molecule has 0 aliphatic carbocycles. The van der Waals surface area contributed by atoms with E-state index in [-0.39, 0.29) is 6.54 Å². The number of carbonyl (C=O) groups is 1. The van der Waals surface area contributed by atoms with Gasteiger partial charge >= 0.3 is 5.97 Å². The van der Waals surface area contributed by atoms with Crippen molar-refractivity contribution in [3.8, 4) is 0 Å². The Bertz CT molecular complexity index is 759. The van der Waals surface area contributed by atoms with Crippen LogP contribution in [0.4, 0.5) is 4.39 Å². The van der Waals surface area contributed by atoms with Gasteiger partial charge < -0.3 is 10.1 Å². The molecule has 0 aliphatic rings. The van der Waals surface area contributed by atoms with Gasteiger partial charge in [-0.2, -0.15) is 4.31 Å². The summed E-state index contributed by atoms with van der Waals surface area (Å²) in [7, 11) is -2.90. The molecule has 0 saturated heterocycles. The molecule has 0 amide bonds. The van der Waals surface area contributed by atoms with E-state index >= 15 is 0 Å². The van der Waals surface area contributed by atoms with Crippen molar-refractivity contribution >= 4 is 16.0 Å². The number of carboxylic acids is 1. The quantitative estimate of drug-likeness (QED) is 0.859. The highest BCUT2D eigenvalue weighted by atomic mass is 32.2. The lowest BCUT2D eigenvalue weighted by molar-refractivity contribution is 0.0692. The van der Waals surface area contributed by atoms with Crippen molar-refractivity contribution in [3.05, 3.63) is 47.8 Å². The van der Waals surface area contributed by atoms with Crippen LogP contribution in [0.5, 0.6) is 0 Å². The van der Waals surface area contributed by atoms with Crippen LogP contribution < -0.4 is 0 Å². The second-order valence-electron chi connectivity index (χ2n) is 4.24. The van der Waals surface area contributed by atoms with Gasteiger partial charge in [0.2, 0.25) is 10.0 Å². The average molecular weight is 313 g/mol. The number of H-pyrrole nitrogens is 1. The van der Waals surface area contributed by atoms with Crippen LogP contribution in [0.3, 0.4) is 0 Å². The van der Waals surface area contributed by atoms with Crippen molar-refractivity contribution in [2.75, 3.05) is 7.05 Å². The first-order valence-corrected chi connectivity index (χ1v) is 7.24. The Hall–Kier alpha value is -2.26. The largest absolute Gasteiger partial charge is 0.478 e. The maximum atomic E-state index is 13.3. The summed E-state index contributed by atoms with van der Waals surface area (Å²) in [5.41, 5.74) is -0.484. The molecular weight excluding hydrogens is 301 g/mol. The number of aromatic nitrogens is 2. The Labute approximate surface area is 120 Å². The van der Waals surface area contributed by atoms with Crippen LogP contribution in [0, 0.1) is 5.82 Å². The van der Waals surface area contributed by atoms with Crippen molar-refractivity contribution in [2.24, 2.45) is 0 Å². The molecule has 0 bridgehead atoms. The second kappa shape index (κ2) is 5.62. The zero-order valence-electron chi connectivity index (χ0n) is 10.9. The Morgan fingerprint density at radius 1 is 1.48 bits per heavy atom. The predicted octanol–water partition coefficient (Wildman–Crippen LogP) is 1.07. The first kappa shape index (κ1) is 15.1. The van der Waals surface area contributed by atoms with Crippen LogP contribution in [-0.2, 0) is 16.6 Å². The number of halogens is 1. The lowest BCUT2D eigenvalue weighted by Crippen LogP contribution is -2.28. The van der Waals surface area contributed by atoms with Crippen molar-refractivity contribution in [1.82, 2.24) is 14.3 Å². The van der Waals surface area contributed by atoms with Crippen LogP contribution in [-0.4, -0.2) is 40.8 Å². The van der Waals surface area contributed by atoms with Gasteiger partial charge in [-0.05, 0) is 18.2 Å². The fourth-order valence-electron chi connectivity index (χ4n) is 1.73. The van der Waals surface area contributed by atoms with Crippen LogP contribution in [0.15, 0.2) is 35.5 Å². The van der Waals surface area contributed by atoms with Gasteiger partial charge in [0.1, 0.15) is 11.6 Å². The molecule has 2 N–H and O–H groups in total. The highest BCUT2D eigenvalue weighted by molar-refractivity contribution is 7.89. The normalized spacial score (nSPS) is 11.8. The summed E-state index contributed by atoms with van der Waals surface area (Å²) in [6, 6.07) is 2.51. The van der Waals surface area contributed by atoms with E-state index in [0.29, 0.717) is 11.9 Å². The van der Waals surface area contributed by atoms with Gasteiger partial charge in [0.05, 0.1) is 17.0 Å². The van der Waals surface area contributed by atoms with Crippen LogP contribution in [0.2, 0.25) is 0 Å². The lowest BCUT2D eigenvalue weighted by Gasteiger charge is -2.17. The lowest BCUT2D eigenvalue weighted by atomic mass is 10.2. The summed E-state index contributed by atoms with van der Waals surface area (Å²) >= 11 is 0. The monoisotopic (exact) mass is 313 g/mol. The molecule has 112 valence electrons. The molecular formula is C12H12FN3O4S. The van der Waals surface area contributed by atoms with Crippen molar-refractivity contribution in [3.63, 3.8) is 0 Å². The first-order valence-electron chi connectivity index (χ1n) is 5.80. The molecule has 9 heteroatoms. The van der Waals surface area contributed by atoms with Gasteiger partial charge in [0, 0.05) is 19.4 Å². The van der Waals surface area contributed by atoms with E-state index in [1.807, 2.05) is 0 Å². The molecule has 1 aromatic carbocycles. The van der Waals surface area contributed by atoms with E-state index in [2.05, 4.69) is 9.97 Å². The number of aromatic carboxylic acids is 1. The SMILES string of the molecule is CN(Cc1ncc[nH]1)S(=O)(=O)c1cc(F)ccc1C(=O)O. The van der Waals surface area contributed by atoms with Crippen molar-refractivity contribution in [1.29, 1.82) is 0 Å². The number of aromatic amines is 1. The Morgan fingerprint density at radius 3 is 2.76 bits per heavy atom. The fraction of sp³-hybridized carbons (Fsp3) is 0.167. The van der Waals surface area contributed by atoms with Crippen molar-refractivity contribution in [2.45, 2.75) is 11.4 Å². The first-order chi connectivity index (χ1) is 9.82. The standard InChI is InChI=1S/C12H12FN3O4S/c1-16(7-11-14-4-5-15-11)21(19,20)10-6-8(13)2-3-9(10)12(17)18/h2-6H,7H2,1H3,(H,14,15)(H,17,18). The predicted molar refractivity (Wildman–Crippen MR) is 70.6 cm³/mol. The molecule has 7 nitrogen and oxygen atoms in total. The molecule has 0 fully saturated rings. The van der Waals surface area contributed by atoms with E-state index < -0.39 is 32.3 Å². The van der Waals surface area contributed by atoms with E-state index in [4.69, 9.17) is 5.11 Å². The number of rotatable bonds is 5. The van der Waals surface area contributed by atoms with Gasteiger partial charge in [-0.1, -0.05) is 0 Å². The molecule has 1 aromatic heterocycles. The minimum atomic E-state index is -4.16. The number of sulfonamides is 1. The molecule has 21 heavy (non-hydrogen) atoms. The number of nitrogens with one attached hydrogen (secondary N) is 1. The Balaban J connectivity index is 2.43. The molecule has 1 heterocycles. The van der Waals surface area contributed by atoms with E-state index in [9.17, 15) is 17.6 Å². The zero-order chi connectivity index (χ0) is 15.6. The van der Waals surface area contributed by atoms with Gasteiger partial charge in [-0.25, -0.2) is 22.6 Å². The molecule has 0 unspecified atom stereocenters. The maximum absolute atomic E-state index is 13.3. The topological polar surface area (TPSA) is 103 Å². The summed E-state index contributed by atoms with van der Waals surface area (Å²) < 4.78 is 39.0. The Morgan fingerprint density at radius 2 is 2.19 bits per heavy atom. The van der Waals surface area contributed by atoms with Crippen molar-refractivity contribution < 1.29 is 22.7 Å². The summed E-state index contributed by atoms with van der Waals surface area (Å²) in [6.45, 7) is -0.0924. The highest BCUT2D eigenvalue weighted by Crippen LogP contribution is 2.21. The van der Waals surface area contributed by atoms with E-state index in [1.54, 1.807) is 0 Å². The summed E-state index contributed by atoms with van der Waals surface area (Å²) in [5.74, 6) is -1.89. The summed E-state index contributed by atoms with van der Waals surface area (Å²) in [6.07, 6.45) is 2.99. The minimum Gasteiger partial charge on any atom is -0.478 e. The molecule has 0 aliphatic heterocycles. The van der Waals surface area contributed by atoms with Gasteiger partial charge in [-0.15, -0.1) is 0 Å². The van der Waals surface area contributed by atoms with Gasteiger partial charge in [0.15, 0.2) is 0 Å². The molecule has 0 spiro atoms. The molecule has 0 atom stereocenters. The Kier molecular flexibility index (Phi) is 4.05. The number of nitrogens with zero attached hydrogens (tertiary/aromatic N) is 2. The highest BCUT2D eigenvalue weighted by Gasteiger charge is 2.27. The third kappa shape index (κ3) is 3.09. The zero-order valence-corrected chi connectivity index (χ0v) is 11.8. The minimum absolute atomic E-state index is 0.0924. The number of hydrogen-bond acceptors (Lipinski definition) is 4. The average Bonchev–Trinajstić information content (AvgIpc) is 2.91. The second-order valence-corrected chi connectivity index (χ2v) is 6.26. The number of carboxylic acid groups (broad SMARTS) is 1. The van der Waals surface area contributed by atoms with Gasteiger partial charge in [0.25, 0.3) is 0 Å². The fourth-order valence-corrected chi connectivity index (χ4v) is 3.06. The van der Waals surface area contributed by atoms with Crippen LogP contribution in [0.1, 0.15) is 16.2 Å². The van der Waals surface area contributed by atoms with E-state index in [1.165, 1.54) is 19.4 Å². The van der Waals surface area contributed by atoms with Crippen LogP contribution in [0.25, 0.3) is 0 Å². The van der Waals surface area contributed by atoms with E-state index in [0.717, 1.165) is 16.4 Å². The summed E-state index contributed by atoms with van der Waals surface area (Å²) in [4.78, 5) is 17.1. The smallest absolute Gasteiger partial charge is 0.337 e.